The second-order valence-corrected chi connectivity index (χ2v) is 9.80. The Balaban J connectivity index is 2.22. The number of likely N-dealkylation sites (N-methyl/N-ethyl adjacent to an activating group) is 2. The summed E-state index contributed by atoms with van der Waals surface area (Å²) in [6, 6.07) is 5.40. The molecule has 166 valence electrons. The van der Waals surface area contributed by atoms with Gasteiger partial charge in [0.25, 0.3) is 0 Å². The van der Waals surface area contributed by atoms with Crippen molar-refractivity contribution in [2.75, 3.05) is 67.1 Å². The van der Waals surface area contributed by atoms with Gasteiger partial charge >= 0.3 is 0 Å². The van der Waals surface area contributed by atoms with Crippen molar-refractivity contribution in [3.63, 3.8) is 0 Å². The summed E-state index contributed by atoms with van der Waals surface area (Å²) >= 11 is 0. The summed E-state index contributed by atoms with van der Waals surface area (Å²) in [5.41, 5.74) is 0.811. The lowest BCUT2D eigenvalue weighted by Crippen LogP contribution is -2.45. The number of ether oxygens (including phenoxy) is 2. The zero-order valence-corrected chi connectivity index (χ0v) is 19.4. The second kappa shape index (κ2) is 11.3. The molecule has 0 amide bonds. The van der Waals surface area contributed by atoms with E-state index >= 15 is 0 Å². The van der Waals surface area contributed by atoms with Crippen LogP contribution in [0.3, 0.4) is 0 Å². The maximum atomic E-state index is 13.5. The average Bonchev–Trinajstić information content (AvgIpc) is 3.13. The van der Waals surface area contributed by atoms with Crippen LogP contribution in [0.2, 0.25) is 0 Å². The fourth-order valence-corrected chi connectivity index (χ4v) is 5.26. The zero-order valence-electron chi connectivity index (χ0n) is 18.6. The average molecular weight is 428 g/mol. The third-order valence-electron chi connectivity index (χ3n) is 5.45. The highest BCUT2D eigenvalue weighted by Crippen LogP contribution is 2.26. The quantitative estimate of drug-likeness (QED) is 0.476. The molecular weight excluding hydrogens is 390 g/mol. The summed E-state index contributed by atoms with van der Waals surface area (Å²) in [6.07, 6.45) is 2.18. The van der Waals surface area contributed by atoms with E-state index in [1.54, 1.807) is 29.6 Å². The maximum absolute atomic E-state index is 13.5. The molecule has 0 bridgehead atoms. The van der Waals surface area contributed by atoms with E-state index < -0.39 is 10.0 Å². The van der Waals surface area contributed by atoms with Crippen LogP contribution in [-0.4, -0.2) is 95.7 Å². The minimum absolute atomic E-state index is 0.287. The van der Waals surface area contributed by atoms with Crippen LogP contribution in [0.15, 0.2) is 23.1 Å². The molecule has 29 heavy (non-hydrogen) atoms. The third-order valence-corrected chi connectivity index (χ3v) is 7.31. The summed E-state index contributed by atoms with van der Waals surface area (Å²) in [7, 11) is 1.98. The number of rotatable bonds is 12. The van der Waals surface area contributed by atoms with Crippen molar-refractivity contribution in [2.24, 2.45) is 0 Å². The van der Waals surface area contributed by atoms with E-state index in [1.807, 2.05) is 25.9 Å². The molecule has 0 N–H and O–H groups in total. The summed E-state index contributed by atoms with van der Waals surface area (Å²) in [5.74, 6) is 0.689. The highest BCUT2D eigenvalue weighted by molar-refractivity contribution is 7.89. The number of hydrogen-bond acceptors (Lipinski definition) is 6. The van der Waals surface area contributed by atoms with E-state index in [4.69, 9.17) is 9.47 Å². The van der Waals surface area contributed by atoms with Crippen molar-refractivity contribution in [2.45, 2.75) is 37.6 Å². The predicted molar refractivity (Wildman–Crippen MR) is 116 cm³/mol. The van der Waals surface area contributed by atoms with Gasteiger partial charge in [0.1, 0.15) is 12.4 Å². The minimum Gasteiger partial charge on any atom is -0.491 e. The predicted octanol–water partition coefficient (Wildman–Crippen LogP) is 2.06. The Bertz CT molecular complexity index is 739. The molecule has 7 nitrogen and oxygen atoms in total. The van der Waals surface area contributed by atoms with E-state index in [9.17, 15) is 8.42 Å². The van der Waals surface area contributed by atoms with E-state index in [0.717, 1.165) is 31.5 Å². The number of methoxy groups -OCH3 is 1. The fourth-order valence-electron chi connectivity index (χ4n) is 3.70. The largest absolute Gasteiger partial charge is 0.491 e. The van der Waals surface area contributed by atoms with E-state index in [-0.39, 0.29) is 6.04 Å². The maximum Gasteiger partial charge on any atom is 0.243 e. The lowest BCUT2D eigenvalue weighted by molar-refractivity contribution is 0.146. The molecule has 1 aromatic rings. The topological polar surface area (TPSA) is 62.3 Å². The smallest absolute Gasteiger partial charge is 0.243 e. The third kappa shape index (κ3) is 6.65. The minimum atomic E-state index is -3.58. The van der Waals surface area contributed by atoms with E-state index in [0.29, 0.717) is 43.5 Å². The summed E-state index contributed by atoms with van der Waals surface area (Å²) in [5, 5.41) is 0. The normalized spacial score (nSPS) is 18.1. The molecule has 0 radical (unpaired) electrons. The number of hydrogen-bond donors (Lipinski definition) is 0. The standard InChI is InChI=1S/C21H37N3O4S/c1-6-23-11-7-8-19(23)17-24(13-12-22(3)4)29(25,26)20-9-10-21(18(2)16-20)28-15-14-27-5/h9-10,16,19H,6-8,11-15,17H2,1-5H3. The Labute approximate surface area is 176 Å². The molecule has 1 atom stereocenters. The Morgan fingerprint density at radius 3 is 2.59 bits per heavy atom. The van der Waals surface area contributed by atoms with Gasteiger partial charge in [0.15, 0.2) is 0 Å². The molecule has 1 aliphatic rings. The Morgan fingerprint density at radius 1 is 1.21 bits per heavy atom. The molecule has 1 fully saturated rings. The molecular formula is C21H37N3O4S. The van der Waals surface area contributed by atoms with Gasteiger partial charge in [-0.05, 0) is 70.7 Å². The Morgan fingerprint density at radius 2 is 1.97 bits per heavy atom. The van der Waals surface area contributed by atoms with Crippen LogP contribution in [0.4, 0.5) is 0 Å². The van der Waals surface area contributed by atoms with Crippen LogP contribution < -0.4 is 4.74 Å². The molecule has 1 aromatic carbocycles. The van der Waals surface area contributed by atoms with Crippen molar-refractivity contribution in [1.29, 1.82) is 0 Å². The lowest BCUT2D eigenvalue weighted by atomic mass is 10.2. The Kier molecular flexibility index (Phi) is 9.36. The van der Waals surface area contributed by atoms with Gasteiger partial charge in [-0.1, -0.05) is 6.92 Å². The molecule has 1 unspecified atom stereocenters. The SMILES string of the molecule is CCN1CCCC1CN(CCN(C)C)S(=O)(=O)c1ccc(OCCOC)c(C)c1. The van der Waals surface area contributed by atoms with Crippen LogP contribution in [0.1, 0.15) is 25.3 Å². The van der Waals surface area contributed by atoms with Gasteiger partial charge in [0, 0.05) is 32.8 Å². The van der Waals surface area contributed by atoms with Crippen LogP contribution in [0, 0.1) is 6.92 Å². The van der Waals surface area contributed by atoms with Gasteiger partial charge < -0.3 is 14.4 Å². The zero-order chi connectivity index (χ0) is 21.4. The van der Waals surface area contributed by atoms with Gasteiger partial charge in [-0.3, -0.25) is 4.90 Å². The number of nitrogens with zero attached hydrogens (tertiary/aromatic N) is 3. The molecule has 1 heterocycles. The van der Waals surface area contributed by atoms with Crippen molar-refractivity contribution >= 4 is 10.0 Å². The van der Waals surface area contributed by atoms with Crippen molar-refractivity contribution in [3.8, 4) is 5.75 Å². The number of aryl methyl sites for hydroxylation is 1. The van der Waals surface area contributed by atoms with Crippen LogP contribution in [0.5, 0.6) is 5.75 Å². The highest BCUT2D eigenvalue weighted by Gasteiger charge is 2.31. The summed E-state index contributed by atoms with van der Waals surface area (Å²) in [4.78, 5) is 4.73. The highest BCUT2D eigenvalue weighted by atomic mass is 32.2. The molecule has 0 aliphatic carbocycles. The lowest BCUT2D eigenvalue weighted by Gasteiger charge is -2.30. The molecule has 1 saturated heterocycles. The first kappa shape index (κ1) is 24.1. The first-order valence-electron chi connectivity index (χ1n) is 10.4. The summed E-state index contributed by atoms with van der Waals surface area (Å²) < 4.78 is 39.3. The molecule has 0 spiro atoms. The number of sulfonamides is 1. The van der Waals surface area contributed by atoms with Gasteiger partial charge in [-0.15, -0.1) is 0 Å². The molecule has 8 heteroatoms. The van der Waals surface area contributed by atoms with Gasteiger partial charge in [-0.2, -0.15) is 4.31 Å². The van der Waals surface area contributed by atoms with Gasteiger partial charge in [0.05, 0.1) is 11.5 Å². The van der Waals surface area contributed by atoms with Gasteiger partial charge in [-0.25, -0.2) is 8.42 Å². The van der Waals surface area contributed by atoms with Crippen LogP contribution >= 0.6 is 0 Å². The van der Waals surface area contributed by atoms with Crippen molar-refractivity contribution < 1.29 is 17.9 Å². The van der Waals surface area contributed by atoms with E-state index in [1.165, 1.54) is 0 Å². The van der Waals surface area contributed by atoms with Crippen molar-refractivity contribution in [1.82, 2.24) is 14.1 Å². The number of likely N-dealkylation sites (tertiary alicyclic amines) is 1. The molecule has 0 saturated carbocycles. The Hall–Kier alpha value is -1.19. The monoisotopic (exact) mass is 427 g/mol. The molecule has 2 rings (SSSR count). The first-order chi connectivity index (χ1) is 13.8. The second-order valence-electron chi connectivity index (χ2n) is 7.86. The molecule has 1 aliphatic heterocycles. The van der Waals surface area contributed by atoms with Crippen LogP contribution in [0.25, 0.3) is 0 Å². The number of benzene rings is 1. The summed E-state index contributed by atoms with van der Waals surface area (Å²) in [6.45, 7) is 8.66. The molecule has 0 aromatic heterocycles. The van der Waals surface area contributed by atoms with Crippen molar-refractivity contribution in [3.05, 3.63) is 23.8 Å². The van der Waals surface area contributed by atoms with E-state index in [2.05, 4.69) is 11.8 Å². The van der Waals surface area contributed by atoms with Crippen LogP contribution in [-0.2, 0) is 14.8 Å². The first-order valence-corrected chi connectivity index (χ1v) is 11.8. The fraction of sp³-hybridized carbons (Fsp3) is 0.714. The van der Waals surface area contributed by atoms with Gasteiger partial charge in [0.2, 0.25) is 10.0 Å².